The van der Waals surface area contributed by atoms with Crippen LogP contribution < -0.4 is 10.6 Å². The van der Waals surface area contributed by atoms with Crippen molar-refractivity contribution in [3.63, 3.8) is 0 Å². The Morgan fingerprint density at radius 3 is 2.51 bits per heavy atom. The average molecular weight is 472 g/mol. The molecule has 180 valence electrons. The molecule has 7 nitrogen and oxygen atoms in total. The summed E-state index contributed by atoms with van der Waals surface area (Å²) in [7, 11) is 0. The third-order valence-electron chi connectivity index (χ3n) is 6.01. The highest BCUT2D eigenvalue weighted by Crippen LogP contribution is 2.28. The van der Waals surface area contributed by atoms with Gasteiger partial charge in [-0.1, -0.05) is 50.2 Å². The number of oxazole rings is 1. The molecule has 7 heteroatoms. The molecule has 0 aliphatic carbocycles. The molecule has 0 aliphatic rings. The van der Waals surface area contributed by atoms with Gasteiger partial charge in [-0.3, -0.25) is 9.59 Å². The zero-order chi connectivity index (χ0) is 24.9. The van der Waals surface area contributed by atoms with Crippen molar-refractivity contribution in [1.29, 1.82) is 0 Å². The highest BCUT2D eigenvalue weighted by atomic mass is 16.4. The van der Waals surface area contributed by atoms with Crippen molar-refractivity contribution in [1.82, 2.24) is 4.98 Å². The number of nitrogens with one attached hydrogen (secondary N) is 2. The van der Waals surface area contributed by atoms with Gasteiger partial charge < -0.3 is 20.2 Å². The number of carboxylic acid groups (broad SMARTS) is 1. The number of aryl methyl sites for hydroxylation is 2. The van der Waals surface area contributed by atoms with Crippen LogP contribution in [0, 0.1) is 6.92 Å². The van der Waals surface area contributed by atoms with Gasteiger partial charge in [-0.05, 0) is 65.8 Å². The first-order valence-corrected chi connectivity index (χ1v) is 11.7. The zero-order valence-corrected chi connectivity index (χ0v) is 20.1. The lowest BCUT2D eigenvalue weighted by atomic mass is 9.98. The minimum absolute atomic E-state index is 0.0672. The predicted molar refractivity (Wildman–Crippen MR) is 137 cm³/mol. The van der Waals surface area contributed by atoms with E-state index in [-0.39, 0.29) is 24.7 Å². The van der Waals surface area contributed by atoms with E-state index in [9.17, 15) is 9.59 Å². The monoisotopic (exact) mass is 471 g/mol. The van der Waals surface area contributed by atoms with Crippen molar-refractivity contribution in [2.45, 2.75) is 46.0 Å². The van der Waals surface area contributed by atoms with E-state index < -0.39 is 5.97 Å². The first-order valence-electron chi connectivity index (χ1n) is 11.7. The van der Waals surface area contributed by atoms with Gasteiger partial charge in [-0.15, -0.1) is 0 Å². The second kappa shape index (κ2) is 10.4. The summed E-state index contributed by atoms with van der Waals surface area (Å²) in [6, 6.07) is 19.5. The maximum Gasteiger partial charge on any atom is 0.303 e. The molecule has 0 saturated heterocycles. The highest BCUT2D eigenvalue weighted by Gasteiger charge is 2.15. The highest BCUT2D eigenvalue weighted by molar-refractivity contribution is 5.93. The molecular formula is C28H29N3O4. The Hall–Kier alpha value is -4.13. The van der Waals surface area contributed by atoms with Gasteiger partial charge in [-0.25, -0.2) is 0 Å². The average Bonchev–Trinajstić information content (AvgIpc) is 3.22. The lowest BCUT2D eigenvalue weighted by Gasteiger charge is -2.11. The van der Waals surface area contributed by atoms with Crippen molar-refractivity contribution >= 4 is 40.4 Å². The number of fused-ring (bicyclic) bond motifs is 1. The Kier molecular flexibility index (Phi) is 7.15. The summed E-state index contributed by atoms with van der Waals surface area (Å²) in [5, 5.41) is 15.1. The van der Waals surface area contributed by atoms with Gasteiger partial charge in [-0.2, -0.15) is 4.98 Å². The van der Waals surface area contributed by atoms with Crippen molar-refractivity contribution in [2.24, 2.45) is 0 Å². The third kappa shape index (κ3) is 5.87. The van der Waals surface area contributed by atoms with Crippen LogP contribution in [0.2, 0.25) is 0 Å². The Labute approximate surface area is 204 Å². The van der Waals surface area contributed by atoms with Gasteiger partial charge in [0.25, 0.3) is 6.01 Å². The largest absolute Gasteiger partial charge is 0.481 e. The number of hydrogen-bond donors (Lipinski definition) is 3. The number of amides is 1. The summed E-state index contributed by atoms with van der Waals surface area (Å²) < 4.78 is 5.98. The number of aliphatic carboxylic acids is 1. The van der Waals surface area contributed by atoms with Crippen LogP contribution in [0.4, 0.5) is 17.4 Å². The summed E-state index contributed by atoms with van der Waals surface area (Å²) in [5.41, 5.74) is 6.90. The van der Waals surface area contributed by atoms with Gasteiger partial charge in [0, 0.05) is 11.4 Å². The number of benzene rings is 3. The second-order valence-electron chi connectivity index (χ2n) is 8.76. The van der Waals surface area contributed by atoms with Crippen molar-refractivity contribution in [3.8, 4) is 0 Å². The Morgan fingerprint density at radius 1 is 1.09 bits per heavy atom. The third-order valence-corrected chi connectivity index (χ3v) is 6.01. The smallest absolute Gasteiger partial charge is 0.303 e. The van der Waals surface area contributed by atoms with E-state index in [1.807, 2.05) is 62.4 Å². The maximum atomic E-state index is 12.7. The van der Waals surface area contributed by atoms with Crippen LogP contribution in [0.5, 0.6) is 0 Å². The van der Waals surface area contributed by atoms with Gasteiger partial charge in [0.15, 0.2) is 5.58 Å². The van der Waals surface area contributed by atoms with Crippen LogP contribution in [0.25, 0.3) is 11.1 Å². The van der Waals surface area contributed by atoms with Gasteiger partial charge in [0.1, 0.15) is 5.52 Å². The molecular weight excluding hydrogens is 442 g/mol. The zero-order valence-electron chi connectivity index (χ0n) is 20.1. The number of carbonyl (C=O) groups excluding carboxylic acids is 1. The van der Waals surface area contributed by atoms with E-state index in [1.165, 1.54) is 0 Å². The number of carboxylic acids is 1. The molecule has 0 saturated carbocycles. The fraction of sp³-hybridized carbons (Fsp3) is 0.250. The van der Waals surface area contributed by atoms with Crippen LogP contribution in [0.3, 0.4) is 0 Å². The summed E-state index contributed by atoms with van der Waals surface area (Å²) >= 11 is 0. The fourth-order valence-electron chi connectivity index (χ4n) is 4.08. The SMILES string of the molecule is CCc1cc(CC(=O)Nc2ccc(C(C)CC(=O)O)cc2)cc2oc(Nc3ccccc3C)nc12. The first kappa shape index (κ1) is 24.0. The number of aromatic nitrogens is 1. The molecule has 0 bridgehead atoms. The molecule has 1 unspecified atom stereocenters. The van der Waals surface area contributed by atoms with Crippen LogP contribution in [-0.2, 0) is 22.4 Å². The lowest BCUT2D eigenvalue weighted by Crippen LogP contribution is -2.14. The predicted octanol–water partition coefficient (Wildman–Crippen LogP) is 6.20. The molecule has 1 heterocycles. The number of anilines is 3. The number of para-hydroxylation sites is 1. The summed E-state index contributed by atoms with van der Waals surface area (Å²) in [5.74, 6) is -1.07. The topological polar surface area (TPSA) is 104 Å². The minimum Gasteiger partial charge on any atom is -0.481 e. The van der Waals surface area contributed by atoms with E-state index in [0.717, 1.165) is 39.9 Å². The van der Waals surface area contributed by atoms with E-state index >= 15 is 0 Å². The van der Waals surface area contributed by atoms with Crippen molar-refractivity contribution in [3.05, 3.63) is 82.9 Å². The Bertz CT molecular complexity index is 1360. The second-order valence-corrected chi connectivity index (χ2v) is 8.76. The summed E-state index contributed by atoms with van der Waals surface area (Å²) in [6.45, 7) is 5.94. The Balaban J connectivity index is 1.47. The van der Waals surface area contributed by atoms with E-state index in [4.69, 9.17) is 9.52 Å². The summed E-state index contributed by atoms with van der Waals surface area (Å²) in [4.78, 5) is 28.3. The van der Waals surface area contributed by atoms with Gasteiger partial charge in [0.05, 0.1) is 12.8 Å². The molecule has 4 rings (SSSR count). The van der Waals surface area contributed by atoms with Crippen LogP contribution >= 0.6 is 0 Å². The van der Waals surface area contributed by atoms with Crippen LogP contribution in [-0.4, -0.2) is 22.0 Å². The molecule has 1 aromatic heterocycles. The molecule has 0 fully saturated rings. The first-order chi connectivity index (χ1) is 16.8. The Morgan fingerprint density at radius 2 is 1.83 bits per heavy atom. The molecule has 35 heavy (non-hydrogen) atoms. The fourth-order valence-corrected chi connectivity index (χ4v) is 4.08. The molecule has 3 aromatic carbocycles. The molecule has 3 N–H and O–H groups in total. The maximum absolute atomic E-state index is 12.7. The molecule has 0 radical (unpaired) electrons. The number of hydrogen-bond acceptors (Lipinski definition) is 5. The van der Waals surface area contributed by atoms with Crippen molar-refractivity contribution in [2.75, 3.05) is 10.6 Å². The number of rotatable bonds is 9. The molecule has 4 aromatic rings. The summed E-state index contributed by atoms with van der Waals surface area (Å²) in [6.07, 6.45) is 1.03. The standard InChI is InChI=1S/C28H29N3O4/c1-4-20-14-19(15-24-27(20)31-28(35-24)30-23-8-6-5-7-17(23)2)16-25(32)29-22-11-9-21(10-12-22)18(3)13-26(33)34/h5-12,14-15,18H,4,13,16H2,1-3H3,(H,29,32)(H,30,31)(H,33,34). The quantitative estimate of drug-likeness (QED) is 0.268. The number of carbonyl (C=O) groups is 2. The van der Waals surface area contributed by atoms with E-state index in [1.54, 1.807) is 12.1 Å². The molecule has 0 aliphatic heterocycles. The normalized spacial score (nSPS) is 11.9. The molecule has 0 spiro atoms. The minimum atomic E-state index is -0.830. The molecule has 1 amide bonds. The van der Waals surface area contributed by atoms with Gasteiger partial charge in [0.2, 0.25) is 5.91 Å². The van der Waals surface area contributed by atoms with Crippen LogP contribution in [0.15, 0.2) is 65.1 Å². The lowest BCUT2D eigenvalue weighted by molar-refractivity contribution is -0.137. The van der Waals surface area contributed by atoms with Crippen molar-refractivity contribution < 1.29 is 19.1 Å². The molecule has 1 atom stereocenters. The van der Waals surface area contributed by atoms with E-state index in [2.05, 4.69) is 22.5 Å². The van der Waals surface area contributed by atoms with Crippen LogP contribution in [0.1, 0.15) is 48.4 Å². The van der Waals surface area contributed by atoms with Gasteiger partial charge >= 0.3 is 5.97 Å². The number of nitrogens with zero attached hydrogens (tertiary/aromatic N) is 1. The van der Waals surface area contributed by atoms with E-state index in [0.29, 0.717) is 17.3 Å².